The first kappa shape index (κ1) is 23.6. The Hall–Kier alpha value is -1.40. The third kappa shape index (κ3) is 8.01. The molecule has 6 nitrogen and oxygen atoms in total. The molecule has 2 N–H and O–H groups in total. The molecular weight excluding hydrogens is 340 g/mol. The summed E-state index contributed by atoms with van der Waals surface area (Å²) < 4.78 is 1.84. The van der Waals surface area contributed by atoms with E-state index >= 15 is 0 Å². The molecule has 0 unspecified atom stereocenters. The molecule has 0 spiro atoms. The maximum absolute atomic E-state index is 12.2. The molecule has 1 aromatic heterocycles. The molecule has 0 bridgehead atoms. The highest BCUT2D eigenvalue weighted by atomic mass is 16.3. The Bertz CT molecular complexity index is 508. The van der Waals surface area contributed by atoms with E-state index in [1.165, 1.54) is 18.5 Å². The van der Waals surface area contributed by atoms with Gasteiger partial charge in [-0.1, -0.05) is 34.1 Å². The van der Waals surface area contributed by atoms with Crippen molar-refractivity contribution in [3.63, 3.8) is 0 Å². The van der Waals surface area contributed by atoms with E-state index in [0.717, 1.165) is 51.7 Å². The maximum Gasteiger partial charge on any atom is 0.244 e. The van der Waals surface area contributed by atoms with Crippen molar-refractivity contribution in [1.29, 1.82) is 0 Å². The summed E-state index contributed by atoms with van der Waals surface area (Å²) >= 11 is 0. The van der Waals surface area contributed by atoms with Gasteiger partial charge in [0, 0.05) is 30.9 Å². The van der Waals surface area contributed by atoms with Crippen molar-refractivity contribution < 1.29 is 9.90 Å². The van der Waals surface area contributed by atoms with Gasteiger partial charge in [0.15, 0.2) is 0 Å². The summed E-state index contributed by atoms with van der Waals surface area (Å²) in [6, 6.07) is 2.44. The van der Waals surface area contributed by atoms with Gasteiger partial charge in [0.1, 0.15) is 6.54 Å². The number of aromatic nitrogens is 2. The normalized spacial score (nSPS) is 19.7. The van der Waals surface area contributed by atoms with Crippen LogP contribution in [-0.2, 0) is 17.8 Å². The molecule has 1 aliphatic carbocycles. The number of nitrogens with zero attached hydrogens (tertiary/aromatic N) is 3. The minimum absolute atomic E-state index is 0.0648. The van der Waals surface area contributed by atoms with E-state index in [1.54, 1.807) is 6.20 Å². The van der Waals surface area contributed by atoms with E-state index in [0.29, 0.717) is 12.6 Å². The fraction of sp³-hybridized carbons (Fsp3) is 0.810. The van der Waals surface area contributed by atoms with Crippen LogP contribution in [0.3, 0.4) is 0 Å². The van der Waals surface area contributed by atoms with E-state index in [2.05, 4.69) is 29.2 Å². The summed E-state index contributed by atoms with van der Waals surface area (Å²) in [5.74, 6) is 0.222. The molecule has 1 amide bonds. The molecule has 2 aliphatic heterocycles. The second-order valence-electron chi connectivity index (χ2n) is 7.09. The molecule has 27 heavy (non-hydrogen) atoms. The molecule has 0 atom stereocenters. The van der Waals surface area contributed by atoms with Gasteiger partial charge in [0.25, 0.3) is 0 Å². The maximum atomic E-state index is 12.2. The van der Waals surface area contributed by atoms with Crippen molar-refractivity contribution in [2.75, 3.05) is 19.6 Å². The van der Waals surface area contributed by atoms with Crippen LogP contribution in [-0.4, -0.2) is 57.5 Å². The van der Waals surface area contributed by atoms with Crippen LogP contribution in [0.25, 0.3) is 0 Å². The third-order valence-electron chi connectivity index (χ3n) is 4.84. The average Bonchev–Trinajstić information content (AvgIpc) is 3.04. The zero-order valence-corrected chi connectivity index (χ0v) is 17.8. The summed E-state index contributed by atoms with van der Waals surface area (Å²) in [4.78, 5) is 14.3. The molecule has 156 valence electrons. The number of amides is 1. The monoisotopic (exact) mass is 380 g/mol. The number of aliphatic hydroxyl groups excluding tert-OH is 1. The Morgan fingerprint density at radius 2 is 1.78 bits per heavy atom. The van der Waals surface area contributed by atoms with E-state index in [1.807, 2.05) is 24.6 Å². The van der Waals surface area contributed by atoms with E-state index in [-0.39, 0.29) is 12.0 Å². The molecule has 0 aromatic carbocycles. The van der Waals surface area contributed by atoms with Crippen LogP contribution in [0, 0.1) is 0 Å². The molecule has 3 aliphatic rings. The summed E-state index contributed by atoms with van der Waals surface area (Å²) in [6.07, 6.45) is 9.50. The quantitative estimate of drug-likeness (QED) is 0.786. The lowest BCUT2D eigenvalue weighted by Crippen LogP contribution is -2.47. The predicted octanol–water partition coefficient (Wildman–Crippen LogP) is 2.99. The smallest absolute Gasteiger partial charge is 0.244 e. The lowest BCUT2D eigenvalue weighted by atomic mass is 9.97. The van der Waals surface area contributed by atoms with Crippen molar-refractivity contribution in [2.45, 2.75) is 91.3 Å². The fourth-order valence-electron chi connectivity index (χ4n) is 3.18. The zero-order valence-electron chi connectivity index (χ0n) is 17.8. The second-order valence-corrected chi connectivity index (χ2v) is 7.09. The Morgan fingerprint density at radius 3 is 2.30 bits per heavy atom. The summed E-state index contributed by atoms with van der Waals surface area (Å²) in [6.45, 7) is 11.6. The topological polar surface area (TPSA) is 70.4 Å². The molecule has 0 radical (unpaired) electrons. The highest BCUT2D eigenvalue weighted by Gasteiger charge is 2.27. The summed E-state index contributed by atoms with van der Waals surface area (Å²) in [5.41, 5.74) is 1.18. The molecule has 2 fully saturated rings. The first-order valence-electron chi connectivity index (χ1n) is 10.8. The molecule has 1 saturated carbocycles. The number of carbonyl (C=O) groups excluding carboxylic acids is 1. The zero-order chi connectivity index (χ0) is 20.1. The standard InChI is InChI=1S/C12H18N4O.C4H8O.C3H8.C2H6/c17-12-9-16-11(3-7-14-16)4-8-15(12)10-1-5-13-6-2-10;5-4-2-1-3-4;1-3-2;1-2/h3,7,10,13H,1-2,4-6,8-9H2;4-5H,1-3H2;3H2,1-2H3;1-2H3. The lowest BCUT2D eigenvalue weighted by Gasteiger charge is -2.33. The first-order valence-corrected chi connectivity index (χ1v) is 10.8. The molecule has 1 aromatic rings. The Kier molecular flexibility index (Phi) is 12.0. The van der Waals surface area contributed by atoms with Crippen LogP contribution in [0.4, 0.5) is 0 Å². The van der Waals surface area contributed by atoms with Crippen molar-refractivity contribution in [3.8, 4) is 0 Å². The number of aliphatic hydroxyl groups is 1. The second kappa shape index (κ2) is 13.7. The summed E-state index contributed by atoms with van der Waals surface area (Å²) in [7, 11) is 0. The molecule has 6 heteroatoms. The lowest BCUT2D eigenvalue weighted by molar-refractivity contribution is -0.134. The van der Waals surface area contributed by atoms with Crippen LogP contribution in [0.5, 0.6) is 0 Å². The van der Waals surface area contributed by atoms with Gasteiger partial charge in [0.05, 0.1) is 6.10 Å². The molecule has 3 heterocycles. The number of piperidine rings is 1. The van der Waals surface area contributed by atoms with Gasteiger partial charge in [-0.25, -0.2) is 0 Å². The minimum atomic E-state index is 0.0648. The van der Waals surface area contributed by atoms with E-state index < -0.39 is 0 Å². The van der Waals surface area contributed by atoms with Gasteiger partial charge >= 0.3 is 0 Å². The van der Waals surface area contributed by atoms with Gasteiger partial charge in [-0.2, -0.15) is 5.10 Å². The number of fused-ring (bicyclic) bond motifs is 1. The average molecular weight is 381 g/mol. The van der Waals surface area contributed by atoms with Crippen molar-refractivity contribution in [3.05, 3.63) is 18.0 Å². The SMILES string of the molecule is CC.CCC.O=C1Cn2nccc2CCN1C1CCNCC1.OC1CCC1. The largest absolute Gasteiger partial charge is 0.393 e. The number of carbonyl (C=O) groups is 1. The molecule has 1 saturated heterocycles. The van der Waals surface area contributed by atoms with Crippen molar-refractivity contribution in [1.82, 2.24) is 20.0 Å². The van der Waals surface area contributed by atoms with Crippen LogP contribution in [0.15, 0.2) is 12.3 Å². The van der Waals surface area contributed by atoms with Gasteiger partial charge < -0.3 is 15.3 Å². The first-order chi connectivity index (χ1) is 13.2. The minimum Gasteiger partial charge on any atom is -0.393 e. The number of nitrogens with one attached hydrogen (secondary N) is 1. The van der Waals surface area contributed by atoms with Gasteiger partial charge in [0.2, 0.25) is 5.91 Å². The fourth-order valence-corrected chi connectivity index (χ4v) is 3.18. The van der Waals surface area contributed by atoms with Crippen LogP contribution < -0.4 is 5.32 Å². The Morgan fingerprint density at radius 1 is 1.19 bits per heavy atom. The van der Waals surface area contributed by atoms with E-state index in [4.69, 9.17) is 5.11 Å². The summed E-state index contributed by atoms with van der Waals surface area (Å²) in [5, 5.41) is 16.0. The van der Waals surface area contributed by atoms with Crippen LogP contribution in [0.1, 0.15) is 71.9 Å². The highest BCUT2D eigenvalue weighted by molar-refractivity contribution is 5.76. The predicted molar refractivity (Wildman–Crippen MR) is 111 cm³/mol. The molecular formula is C21H40N4O2. The Labute approximate surface area is 165 Å². The van der Waals surface area contributed by atoms with Crippen molar-refractivity contribution in [2.24, 2.45) is 0 Å². The van der Waals surface area contributed by atoms with Crippen LogP contribution >= 0.6 is 0 Å². The van der Waals surface area contributed by atoms with Crippen molar-refractivity contribution >= 4 is 5.91 Å². The highest BCUT2D eigenvalue weighted by Crippen LogP contribution is 2.17. The number of rotatable bonds is 1. The Balaban J connectivity index is 0.000000304. The van der Waals surface area contributed by atoms with Gasteiger partial charge in [-0.3, -0.25) is 9.48 Å². The third-order valence-corrected chi connectivity index (χ3v) is 4.84. The van der Waals surface area contributed by atoms with E-state index in [9.17, 15) is 4.79 Å². The van der Waals surface area contributed by atoms with Gasteiger partial charge in [-0.05, 0) is 51.3 Å². The number of hydrogen-bond donors (Lipinski definition) is 2. The number of hydrogen-bond acceptors (Lipinski definition) is 4. The van der Waals surface area contributed by atoms with Gasteiger partial charge in [-0.15, -0.1) is 0 Å². The molecule has 4 rings (SSSR count). The van der Waals surface area contributed by atoms with Crippen LogP contribution in [0.2, 0.25) is 0 Å².